The number of nitrogens with zero attached hydrogens (tertiary/aromatic N) is 2. The summed E-state index contributed by atoms with van der Waals surface area (Å²) in [5, 5.41) is 13.2. The van der Waals surface area contributed by atoms with Crippen molar-refractivity contribution in [3.63, 3.8) is 0 Å². The first-order chi connectivity index (χ1) is 13.7. The fraction of sp³-hybridized carbons (Fsp3) is 0.150. The molecule has 0 atom stereocenters. The first-order valence-electron chi connectivity index (χ1n) is 8.78. The summed E-state index contributed by atoms with van der Waals surface area (Å²) in [6, 6.07) is 15.5. The van der Waals surface area contributed by atoms with E-state index in [2.05, 4.69) is 20.5 Å². The van der Waals surface area contributed by atoms with Crippen LogP contribution in [0.4, 0.5) is 10.8 Å². The maximum absolute atomic E-state index is 12.6. The Hall–Kier alpha value is -2.84. The molecular formula is C20H18N4O2S2. The molecule has 0 fully saturated rings. The third kappa shape index (κ3) is 4.18. The maximum atomic E-state index is 12.6. The summed E-state index contributed by atoms with van der Waals surface area (Å²) in [7, 11) is 0. The second kappa shape index (κ2) is 8.45. The van der Waals surface area contributed by atoms with Crippen LogP contribution in [-0.4, -0.2) is 33.3 Å². The highest BCUT2D eigenvalue weighted by molar-refractivity contribution is 8.01. The number of hydrogen-bond acceptors (Lipinski definition) is 7. The molecule has 28 heavy (non-hydrogen) atoms. The molecule has 0 aliphatic rings. The second-order valence-electron chi connectivity index (χ2n) is 5.92. The number of ether oxygens (including phenoxy) is 1. The van der Waals surface area contributed by atoms with Crippen LogP contribution in [0.3, 0.4) is 0 Å². The van der Waals surface area contributed by atoms with E-state index in [1.807, 2.05) is 55.5 Å². The van der Waals surface area contributed by atoms with Gasteiger partial charge in [-0.3, -0.25) is 4.79 Å². The predicted molar refractivity (Wildman–Crippen MR) is 114 cm³/mol. The molecule has 0 radical (unpaired) electrons. The monoisotopic (exact) mass is 410 g/mol. The van der Waals surface area contributed by atoms with Crippen LogP contribution in [0, 0.1) is 0 Å². The van der Waals surface area contributed by atoms with Crippen molar-refractivity contribution >= 4 is 50.6 Å². The summed E-state index contributed by atoms with van der Waals surface area (Å²) < 4.78 is 6.19. The maximum Gasteiger partial charge on any atom is 0.210 e. The van der Waals surface area contributed by atoms with Gasteiger partial charge >= 0.3 is 0 Å². The van der Waals surface area contributed by atoms with Crippen molar-refractivity contribution in [1.82, 2.24) is 15.2 Å². The van der Waals surface area contributed by atoms with Gasteiger partial charge in [0.2, 0.25) is 5.13 Å². The summed E-state index contributed by atoms with van der Waals surface area (Å²) >= 11 is 2.82. The van der Waals surface area contributed by atoms with E-state index >= 15 is 0 Å². The number of carbonyl (C=O) groups excluding carboxylic acids is 1. The molecule has 0 unspecified atom stereocenters. The Bertz CT molecular complexity index is 1090. The van der Waals surface area contributed by atoms with Gasteiger partial charge in [-0.05, 0) is 37.3 Å². The van der Waals surface area contributed by atoms with Crippen LogP contribution >= 0.6 is 23.1 Å². The van der Waals surface area contributed by atoms with E-state index in [1.54, 1.807) is 6.20 Å². The fourth-order valence-corrected chi connectivity index (χ4v) is 4.41. The van der Waals surface area contributed by atoms with Crippen LogP contribution in [0.15, 0.2) is 59.1 Å². The van der Waals surface area contributed by atoms with E-state index in [1.165, 1.54) is 23.1 Å². The van der Waals surface area contributed by atoms with Gasteiger partial charge in [0.05, 0.1) is 12.4 Å². The Morgan fingerprint density at radius 3 is 2.82 bits per heavy atom. The third-order valence-electron chi connectivity index (χ3n) is 4.04. The number of aromatic nitrogens is 3. The number of rotatable bonds is 8. The second-order valence-corrected chi connectivity index (χ2v) is 8.12. The van der Waals surface area contributed by atoms with Crippen molar-refractivity contribution in [1.29, 1.82) is 0 Å². The van der Waals surface area contributed by atoms with Crippen molar-refractivity contribution in [2.24, 2.45) is 0 Å². The summed E-state index contributed by atoms with van der Waals surface area (Å²) in [5.41, 5.74) is 2.58. The predicted octanol–water partition coefficient (Wildman–Crippen LogP) is 5.14. The molecule has 4 aromatic rings. The molecule has 2 N–H and O–H groups in total. The lowest BCUT2D eigenvalue weighted by Crippen LogP contribution is -2.01. The molecule has 0 aliphatic heterocycles. The number of benzene rings is 2. The van der Waals surface area contributed by atoms with Crippen molar-refractivity contribution in [2.75, 3.05) is 17.7 Å². The zero-order valence-corrected chi connectivity index (χ0v) is 16.8. The van der Waals surface area contributed by atoms with Crippen LogP contribution in [-0.2, 0) is 0 Å². The molecule has 0 spiro atoms. The van der Waals surface area contributed by atoms with Gasteiger partial charge in [0.25, 0.3) is 0 Å². The van der Waals surface area contributed by atoms with Gasteiger partial charge < -0.3 is 15.0 Å². The highest BCUT2D eigenvalue weighted by Crippen LogP contribution is 2.29. The number of aromatic amines is 1. The lowest BCUT2D eigenvalue weighted by Gasteiger charge is -2.04. The molecule has 0 bridgehead atoms. The van der Waals surface area contributed by atoms with E-state index < -0.39 is 0 Å². The van der Waals surface area contributed by atoms with Gasteiger partial charge in [-0.1, -0.05) is 41.3 Å². The summed E-state index contributed by atoms with van der Waals surface area (Å²) in [4.78, 5) is 15.7. The van der Waals surface area contributed by atoms with E-state index in [9.17, 15) is 4.79 Å². The van der Waals surface area contributed by atoms with Crippen molar-refractivity contribution < 1.29 is 9.53 Å². The van der Waals surface area contributed by atoms with Gasteiger partial charge in [0.1, 0.15) is 5.75 Å². The Morgan fingerprint density at radius 1 is 1.18 bits per heavy atom. The van der Waals surface area contributed by atoms with Gasteiger partial charge in [0, 0.05) is 28.4 Å². The minimum Gasteiger partial charge on any atom is -0.494 e. The molecule has 0 saturated carbocycles. The molecule has 0 amide bonds. The molecule has 4 rings (SSSR count). The topological polar surface area (TPSA) is 79.9 Å². The van der Waals surface area contributed by atoms with Crippen molar-refractivity contribution in [2.45, 2.75) is 11.3 Å². The number of anilines is 2. The largest absolute Gasteiger partial charge is 0.494 e. The molecule has 0 saturated heterocycles. The average molecular weight is 411 g/mol. The molecular weight excluding hydrogens is 392 g/mol. The zero-order chi connectivity index (χ0) is 19.3. The van der Waals surface area contributed by atoms with Crippen LogP contribution in [0.1, 0.15) is 17.3 Å². The average Bonchev–Trinajstić information content (AvgIpc) is 3.35. The Kier molecular flexibility index (Phi) is 5.59. The standard InChI is InChI=1S/C20H18N4O2S2/c1-2-26-14-9-7-13(8-10-14)22-19-23-24-20(28-19)27-12-18(25)16-11-21-17-6-4-3-5-15(16)17/h3-11,21H,2,12H2,1H3,(H,22,23). The molecule has 2 heterocycles. The summed E-state index contributed by atoms with van der Waals surface area (Å²) in [6.45, 7) is 2.59. The fourth-order valence-electron chi connectivity index (χ4n) is 2.75. The van der Waals surface area contributed by atoms with E-state index in [0.717, 1.165) is 26.7 Å². The molecule has 0 aliphatic carbocycles. The Labute approximate surface area is 170 Å². The van der Waals surface area contributed by atoms with Crippen molar-refractivity contribution in [3.8, 4) is 5.75 Å². The Morgan fingerprint density at radius 2 is 2.00 bits per heavy atom. The number of carbonyl (C=O) groups is 1. The number of thioether (sulfide) groups is 1. The minimum atomic E-state index is 0.0682. The number of para-hydroxylation sites is 1. The number of hydrogen-bond donors (Lipinski definition) is 2. The smallest absolute Gasteiger partial charge is 0.210 e. The molecule has 6 nitrogen and oxygen atoms in total. The lowest BCUT2D eigenvalue weighted by atomic mass is 10.1. The normalized spacial score (nSPS) is 10.9. The number of Topliss-reactive ketones (excluding diaryl/α,β-unsaturated/α-hetero) is 1. The zero-order valence-electron chi connectivity index (χ0n) is 15.1. The van der Waals surface area contributed by atoms with Crippen LogP contribution in [0.2, 0.25) is 0 Å². The minimum absolute atomic E-state index is 0.0682. The first kappa shape index (κ1) is 18.5. The van der Waals surface area contributed by atoms with E-state index in [4.69, 9.17) is 4.74 Å². The summed E-state index contributed by atoms with van der Waals surface area (Å²) in [5.74, 6) is 1.22. The van der Waals surface area contributed by atoms with Gasteiger partial charge in [-0.25, -0.2) is 0 Å². The number of nitrogens with one attached hydrogen (secondary N) is 2. The van der Waals surface area contributed by atoms with Crippen LogP contribution in [0.5, 0.6) is 5.75 Å². The molecule has 8 heteroatoms. The highest BCUT2D eigenvalue weighted by atomic mass is 32.2. The van der Waals surface area contributed by atoms with E-state index in [-0.39, 0.29) is 5.78 Å². The van der Waals surface area contributed by atoms with Gasteiger partial charge in [-0.15, -0.1) is 10.2 Å². The first-order valence-corrected chi connectivity index (χ1v) is 10.6. The lowest BCUT2D eigenvalue weighted by molar-refractivity contribution is 0.102. The Balaban J connectivity index is 1.36. The SMILES string of the molecule is CCOc1ccc(Nc2nnc(SCC(=O)c3c[nH]c4ccccc34)s2)cc1. The number of ketones is 1. The van der Waals surface area contributed by atoms with Crippen LogP contribution < -0.4 is 10.1 Å². The number of fused-ring (bicyclic) bond motifs is 1. The molecule has 2 aromatic heterocycles. The van der Waals surface area contributed by atoms with E-state index in [0.29, 0.717) is 23.1 Å². The number of H-pyrrole nitrogens is 1. The molecule has 2 aromatic carbocycles. The quantitative estimate of drug-likeness (QED) is 0.309. The molecule has 142 valence electrons. The van der Waals surface area contributed by atoms with Crippen LogP contribution in [0.25, 0.3) is 10.9 Å². The van der Waals surface area contributed by atoms with Crippen molar-refractivity contribution in [3.05, 3.63) is 60.3 Å². The van der Waals surface area contributed by atoms with Gasteiger partial charge in [-0.2, -0.15) is 0 Å². The van der Waals surface area contributed by atoms with Gasteiger partial charge in [0.15, 0.2) is 10.1 Å². The highest BCUT2D eigenvalue weighted by Gasteiger charge is 2.14. The third-order valence-corrected chi connectivity index (χ3v) is 6.01. The summed E-state index contributed by atoms with van der Waals surface area (Å²) in [6.07, 6.45) is 1.77.